The second-order valence-electron chi connectivity index (χ2n) is 6.58. The third-order valence-corrected chi connectivity index (χ3v) is 4.68. The highest BCUT2D eigenvalue weighted by Gasteiger charge is 2.29. The van der Waals surface area contributed by atoms with Crippen LogP contribution in [0.25, 0.3) is 0 Å². The first kappa shape index (κ1) is 16.4. The monoisotopic (exact) mass is 296 g/mol. The van der Waals surface area contributed by atoms with Crippen molar-refractivity contribution in [3.63, 3.8) is 0 Å². The Balaban J connectivity index is 1.97. The van der Waals surface area contributed by atoms with Crippen LogP contribution in [0.2, 0.25) is 0 Å². The predicted octanol–water partition coefficient (Wildman–Crippen LogP) is 3.21. The summed E-state index contributed by atoms with van der Waals surface area (Å²) < 4.78 is 27.4. The number of nitrogens with zero attached hydrogens (tertiary/aromatic N) is 1. The molecule has 0 saturated carbocycles. The van der Waals surface area contributed by atoms with Gasteiger partial charge in [0, 0.05) is 30.2 Å². The van der Waals surface area contributed by atoms with Crippen molar-refractivity contribution in [3.8, 4) is 0 Å². The van der Waals surface area contributed by atoms with E-state index in [0.717, 1.165) is 13.0 Å². The van der Waals surface area contributed by atoms with Gasteiger partial charge in [-0.05, 0) is 51.8 Å². The summed E-state index contributed by atoms with van der Waals surface area (Å²) in [5.41, 5.74) is 0.186. The second-order valence-corrected chi connectivity index (χ2v) is 6.58. The molecule has 21 heavy (non-hydrogen) atoms. The fourth-order valence-electron chi connectivity index (χ4n) is 3.23. The maximum atomic E-state index is 13.7. The molecule has 0 bridgehead atoms. The lowest BCUT2D eigenvalue weighted by atomic mass is 9.89. The van der Waals surface area contributed by atoms with Crippen LogP contribution in [0.1, 0.15) is 32.8 Å². The van der Waals surface area contributed by atoms with E-state index in [4.69, 9.17) is 0 Å². The number of hydrogen-bond donors (Lipinski definition) is 1. The molecule has 2 nitrogen and oxygen atoms in total. The van der Waals surface area contributed by atoms with Crippen LogP contribution in [0.3, 0.4) is 0 Å². The third kappa shape index (κ3) is 4.01. The van der Waals surface area contributed by atoms with E-state index in [1.54, 1.807) is 0 Å². The molecule has 1 fully saturated rings. The van der Waals surface area contributed by atoms with E-state index in [0.29, 0.717) is 24.4 Å². The van der Waals surface area contributed by atoms with Crippen LogP contribution in [0, 0.1) is 17.6 Å². The van der Waals surface area contributed by atoms with E-state index < -0.39 is 11.6 Å². The van der Waals surface area contributed by atoms with Gasteiger partial charge in [0.2, 0.25) is 0 Å². The number of nitrogens with one attached hydrogen (secondary N) is 1. The van der Waals surface area contributed by atoms with Crippen LogP contribution in [-0.2, 0) is 6.42 Å². The molecule has 0 aliphatic carbocycles. The van der Waals surface area contributed by atoms with E-state index in [9.17, 15) is 8.78 Å². The molecule has 1 heterocycles. The van der Waals surface area contributed by atoms with Gasteiger partial charge < -0.3 is 10.2 Å². The first-order valence-electron chi connectivity index (χ1n) is 7.77. The molecule has 0 spiro atoms. The number of piperidine rings is 1. The van der Waals surface area contributed by atoms with Crippen molar-refractivity contribution in [1.82, 2.24) is 10.2 Å². The van der Waals surface area contributed by atoms with Crippen molar-refractivity contribution < 1.29 is 8.78 Å². The van der Waals surface area contributed by atoms with Gasteiger partial charge in [-0.3, -0.25) is 0 Å². The fourth-order valence-corrected chi connectivity index (χ4v) is 3.23. The lowest BCUT2D eigenvalue weighted by Gasteiger charge is -2.41. The Morgan fingerprint density at radius 1 is 1.29 bits per heavy atom. The minimum atomic E-state index is -0.451. The van der Waals surface area contributed by atoms with Gasteiger partial charge in [-0.1, -0.05) is 13.0 Å². The Hall–Kier alpha value is -1.00. The Kier molecular flexibility index (Phi) is 5.33. The maximum absolute atomic E-state index is 13.7. The summed E-state index contributed by atoms with van der Waals surface area (Å²) in [5, 5.41) is 3.56. The van der Waals surface area contributed by atoms with E-state index in [1.807, 2.05) is 6.92 Å². The van der Waals surface area contributed by atoms with Crippen LogP contribution >= 0.6 is 0 Å². The van der Waals surface area contributed by atoms with Gasteiger partial charge in [0.1, 0.15) is 11.6 Å². The molecule has 4 unspecified atom stereocenters. The first-order chi connectivity index (χ1) is 9.88. The molecule has 1 saturated heterocycles. The molecule has 118 valence electrons. The van der Waals surface area contributed by atoms with Gasteiger partial charge in [-0.15, -0.1) is 0 Å². The Morgan fingerprint density at radius 2 is 1.90 bits per heavy atom. The van der Waals surface area contributed by atoms with Crippen LogP contribution in [-0.4, -0.2) is 36.6 Å². The van der Waals surface area contributed by atoms with Crippen LogP contribution in [0.5, 0.6) is 0 Å². The van der Waals surface area contributed by atoms with E-state index >= 15 is 0 Å². The molecular formula is C17H26F2N2. The average Bonchev–Trinajstić information content (AvgIpc) is 2.40. The zero-order valence-corrected chi connectivity index (χ0v) is 13.4. The number of likely N-dealkylation sites (tertiary alicyclic amines) is 1. The third-order valence-electron chi connectivity index (χ3n) is 4.68. The molecule has 0 radical (unpaired) electrons. The minimum absolute atomic E-state index is 0.0551. The van der Waals surface area contributed by atoms with Crippen molar-refractivity contribution in [2.75, 3.05) is 13.6 Å². The predicted molar refractivity (Wildman–Crippen MR) is 82.3 cm³/mol. The average molecular weight is 296 g/mol. The Labute approximate surface area is 126 Å². The second kappa shape index (κ2) is 6.84. The summed E-state index contributed by atoms with van der Waals surface area (Å²) >= 11 is 0. The standard InChI is InChI=1S/C17H26F2N2/c1-11-10-21(4)13(3)9-17(11)20-12(2)8-14-15(18)6-5-7-16(14)19/h5-7,11-13,17,20H,8-10H2,1-4H3. The van der Waals surface area contributed by atoms with Crippen molar-refractivity contribution in [3.05, 3.63) is 35.4 Å². The highest BCUT2D eigenvalue weighted by molar-refractivity contribution is 5.20. The molecule has 1 aliphatic rings. The zero-order valence-electron chi connectivity index (χ0n) is 13.4. The molecule has 1 aliphatic heterocycles. The van der Waals surface area contributed by atoms with Gasteiger partial charge in [0.25, 0.3) is 0 Å². The summed E-state index contributed by atoms with van der Waals surface area (Å²) in [5.74, 6) is -0.360. The first-order valence-corrected chi connectivity index (χ1v) is 7.77. The highest BCUT2D eigenvalue weighted by atomic mass is 19.1. The fraction of sp³-hybridized carbons (Fsp3) is 0.647. The Bertz CT molecular complexity index is 458. The molecule has 4 atom stereocenters. The highest BCUT2D eigenvalue weighted by Crippen LogP contribution is 2.22. The normalized spacial score (nSPS) is 28.6. The van der Waals surface area contributed by atoms with E-state index in [-0.39, 0.29) is 11.6 Å². The molecule has 4 heteroatoms. The molecule has 0 amide bonds. The zero-order chi connectivity index (χ0) is 15.6. The van der Waals surface area contributed by atoms with Crippen LogP contribution < -0.4 is 5.32 Å². The summed E-state index contributed by atoms with van der Waals surface area (Å²) in [6.07, 6.45) is 1.45. The maximum Gasteiger partial charge on any atom is 0.129 e. The molecular weight excluding hydrogens is 270 g/mol. The van der Waals surface area contributed by atoms with Crippen LogP contribution in [0.15, 0.2) is 18.2 Å². The van der Waals surface area contributed by atoms with E-state index in [1.165, 1.54) is 18.2 Å². The quantitative estimate of drug-likeness (QED) is 0.918. The summed E-state index contributed by atoms with van der Waals surface area (Å²) in [7, 11) is 2.15. The lowest BCUT2D eigenvalue weighted by molar-refractivity contribution is 0.116. The molecule has 2 rings (SSSR count). The van der Waals surface area contributed by atoms with Gasteiger partial charge in [-0.2, -0.15) is 0 Å². The number of halogens is 2. The van der Waals surface area contributed by atoms with Crippen molar-refractivity contribution in [2.45, 2.75) is 51.7 Å². The number of rotatable bonds is 4. The molecule has 0 aromatic heterocycles. The number of benzene rings is 1. The van der Waals surface area contributed by atoms with Gasteiger partial charge in [0.15, 0.2) is 0 Å². The Morgan fingerprint density at radius 3 is 2.52 bits per heavy atom. The smallest absolute Gasteiger partial charge is 0.129 e. The molecule has 1 N–H and O–H groups in total. The largest absolute Gasteiger partial charge is 0.311 e. The summed E-state index contributed by atoms with van der Waals surface area (Å²) in [6, 6.07) is 5.06. The summed E-state index contributed by atoms with van der Waals surface area (Å²) in [4.78, 5) is 2.37. The minimum Gasteiger partial charge on any atom is -0.311 e. The number of hydrogen-bond acceptors (Lipinski definition) is 2. The van der Waals surface area contributed by atoms with Gasteiger partial charge in [0.05, 0.1) is 0 Å². The lowest BCUT2D eigenvalue weighted by Crippen LogP contribution is -2.53. The van der Waals surface area contributed by atoms with Crippen LogP contribution in [0.4, 0.5) is 8.78 Å². The van der Waals surface area contributed by atoms with Gasteiger partial charge >= 0.3 is 0 Å². The van der Waals surface area contributed by atoms with Crippen molar-refractivity contribution >= 4 is 0 Å². The van der Waals surface area contributed by atoms with E-state index in [2.05, 4.69) is 31.1 Å². The SMILES string of the molecule is CC(Cc1c(F)cccc1F)NC1CC(C)N(C)CC1C. The van der Waals surface area contributed by atoms with Crippen molar-refractivity contribution in [2.24, 2.45) is 5.92 Å². The van der Waals surface area contributed by atoms with Gasteiger partial charge in [-0.25, -0.2) is 8.78 Å². The molecule has 1 aromatic rings. The van der Waals surface area contributed by atoms with Crippen molar-refractivity contribution in [1.29, 1.82) is 0 Å². The summed E-state index contributed by atoms with van der Waals surface area (Å²) in [6.45, 7) is 7.51. The topological polar surface area (TPSA) is 15.3 Å². The molecule has 1 aromatic carbocycles.